The molecule has 6 nitrogen and oxygen atoms in total. The number of likely N-dealkylation sites (tertiary alicyclic amines) is 1. The first-order valence-electron chi connectivity index (χ1n) is 9.11. The van der Waals surface area contributed by atoms with E-state index in [0.717, 1.165) is 24.0 Å². The van der Waals surface area contributed by atoms with E-state index in [2.05, 4.69) is 10.1 Å². The fraction of sp³-hybridized carbons (Fsp3) is 0.286. The highest BCUT2D eigenvalue weighted by Crippen LogP contribution is 2.22. The molecule has 0 N–H and O–H groups in total. The number of ether oxygens (including phenoxy) is 1. The van der Waals surface area contributed by atoms with Gasteiger partial charge in [-0.05, 0) is 24.5 Å². The average Bonchev–Trinajstić information content (AvgIpc) is 3.24. The lowest BCUT2D eigenvalue weighted by Gasteiger charge is -2.31. The maximum absolute atomic E-state index is 12.7. The largest absolute Gasteiger partial charge is 0.373 e. The van der Waals surface area contributed by atoms with Gasteiger partial charge in [-0.1, -0.05) is 41.6 Å². The van der Waals surface area contributed by atoms with E-state index in [1.54, 1.807) is 17.2 Å². The number of benzene rings is 1. The molecule has 1 amide bonds. The van der Waals surface area contributed by atoms with Gasteiger partial charge in [-0.2, -0.15) is 0 Å². The van der Waals surface area contributed by atoms with Crippen LogP contribution in [0.1, 0.15) is 29.0 Å². The molecule has 2 aromatic heterocycles. The first kappa shape index (κ1) is 17.4. The van der Waals surface area contributed by atoms with Gasteiger partial charge in [0.25, 0.3) is 5.91 Å². The zero-order chi connectivity index (χ0) is 18.5. The Morgan fingerprint density at radius 2 is 1.96 bits per heavy atom. The van der Waals surface area contributed by atoms with Gasteiger partial charge in [0.1, 0.15) is 5.69 Å². The van der Waals surface area contributed by atoms with E-state index < -0.39 is 0 Å². The molecule has 0 atom stereocenters. The number of amides is 1. The zero-order valence-electron chi connectivity index (χ0n) is 15.0. The molecule has 4 rings (SSSR count). The third-order valence-corrected chi connectivity index (χ3v) is 4.73. The second-order valence-corrected chi connectivity index (χ2v) is 6.61. The van der Waals surface area contributed by atoms with Crippen molar-refractivity contribution in [1.29, 1.82) is 0 Å². The van der Waals surface area contributed by atoms with E-state index in [-0.39, 0.29) is 17.8 Å². The first-order chi connectivity index (χ1) is 13.3. The minimum atomic E-state index is -0.115. The number of pyridine rings is 1. The standard InChI is InChI=1S/C21H21N3O3/c25-21(20-13-19(23-27-20)17-6-2-1-3-7-17)24-11-8-18(9-12-24)26-15-16-5-4-10-22-14-16/h1-7,10,13-14,18H,8-9,11-12,15H2. The summed E-state index contributed by atoms with van der Waals surface area (Å²) in [6.45, 7) is 1.85. The number of hydrogen-bond acceptors (Lipinski definition) is 5. The molecule has 0 spiro atoms. The Balaban J connectivity index is 1.30. The normalized spacial score (nSPS) is 15.0. The fourth-order valence-electron chi connectivity index (χ4n) is 3.20. The maximum Gasteiger partial charge on any atom is 0.292 e. The van der Waals surface area contributed by atoms with Crippen molar-refractivity contribution in [2.75, 3.05) is 13.1 Å². The fourth-order valence-corrected chi connectivity index (χ4v) is 3.20. The van der Waals surface area contributed by atoms with Crippen molar-refractivity contribution in [3.05, 3.63) is 72.2 Å². The Kier molecular flexibility index (Phi) is 5.25. The van der Waals surface area contributed by atoms with Gasteiger partial charge >= 0.3 is 0 Å². The summed E-state index contributed by atoms with van der Waals surface area (Å²) in [5.74, 6) is 0.166. The van der Waals surface area contributed by atoms with Gasteiger partial charge in [0.2, 0.25) is 5.76 Å². The smallest absolute Gasteiger partial charge is 0.292 e. The van der Waals surface area contributed by atoms with Gasteiger partial charge in [0.05, 0.1) is 12.7 Å². The van der Waals surface area contributed by atoms with Gasteiger partial charge in [-0.3, -0.25) is 9.78 Å². The number of carbonyl (C=O) groups is 1. The molecule has 0 unspecified atom stereocenters. The van der Waals surface area contributed by atoms with E-state index in [9.17, 15) is 4.79 Å². The third-order valence-electron chi connectivity index (χ3n) is 4.73. The third kappa shape index (κ3) is 4.23. The molecule has 3 aromatic rings. The number of rotatable bonds is 5. The van der Waals surface area contributed by atoms with Crippen LogP contribution in [0.3, 0.4) is 0 Å². The van der Waals surface area contributed by atoms with Crippen molar-refractivity contribution in [3.63, 3.8) is 0 Å². The molecule has 1 aliphatic heterocycles. The molecule has 0 saturated carbocycles. The van der Waals surface area contributed by atoms with Crippen molar-refractivity contribution >= 4 is 5.91 Å². The quantitative estimate of drug-likeness (QED) is 0.693. The zero-order valence-corrected chi connectivity index (χ0v) is 15.0. The van der Waals surface area contributed by atoms with Crippen LogP contribution in [0, 0.1) is 0 Å². The predicted octanol–water partition coefficient (Wildman–Crippen LogP) is 3.56. The minimum Gasteiger partial charge on any atom is -0.373 e. The summed E-state index contributed by atoms with van der Waals surface area (Å²) in [6, 6.07) is 15.3. The summed E-state index contributed by atoms with van der Waals surface area (Å²) in [4.78, 5) is 18.6. The van der Waals surface area contributed by atoms with Gasteiger partial charge in [-0.25, -0.2) is 0 Å². The maximum atomic E-state index is 12.7. The van der Waals surface area contributed by atoms with Crippen LogP contribution < -0.4 is 0 Å². The Labute approximate surface area is 157 Å². The van der Waals surface area contributed by atoms with Crippen LogP contribution in [0.4, 0.5) is 0 Å². The highest BCUT2D eigenvalue weighted by atomic mass is 16.5. The van der Waals surface area contributed by atoms with E-state index in [1.807, 2.05) is 48.7 Å². The van der Waals surface area contributed by atoms with Crippen LogP contribution in [-0.4, -0.2) is 40.1 Å². The number of carbonyl (C=O) groups excluding carboxylic acids is 1. The van der Waals surface area contributed by atoms with Crippen LogP contribution in [0.5, 0.6) is 0 Å². The second kappa shape index (κ2) is 8.14. The Morgan fingerprint density at radius 3 is 2.70 bits per heavy atom. The number of piperidine rings is 1. The van der Waals surface area contributed by atoms with E-state index in [4.69, 9.17) is 9.26 Å². The SMILES string of the molecule is O=C(c1cc(-c2ccccc2)no1)N1CCC(OCc2cccnc2)CC1. The van der Waals surface area contributed by atoms with Gasteiger partial charge in [0.15, 0.2) is 0 Å². The summed E-state index contributed by atoms with van der Waals surface area (Å²) in [6.07, 6.45) is 5.34. The van der Waals surface area contributed by atoms with E-state index in [0.29, 0.717) is 25.4 Å². The Hall–Kier alpha value is -2.99. The lowest BCUT2D eigenvalue weighted by Crippen LogP contribution is -2.40. The van der Waals surface area contributed by atoms with Gasteiger partial charge in [-0.15, -0.1) is 0 Å². The molecule has 0 bridgehead atoms. The highest BCUT2D eigenvalue weighted by molar-refractivity contribution is 5.92. The summed E-state index contributed by atoms with van der Waals surface area (Å²) in [7, 11) is 0. The molecule has 1 aliphatic rings. The van der Waals surface area contributed by atoms with E-state index in [1.165, 1.54) is 0 Å². The molecule has 1 saturated heterocycles. The molecule has 0 aliphatic carbocycles. The summed E-state index contributed by atoms with van der Waals surface area (Å²) in [5.41, 5.74) is 2.67. The number of nitrogens with zero attached hydrogens (tertiary/aromatic N) is 3. The van der Waals surface area contributed by atoms with Gasteiger partial charge < -0.3 is 14.2 Å². The average molecular weight is 363 g/mol. The Morgan fingerprint density at radius 1 is 1.15 bits per heavy atom. The highest BCUT2D eigenvalue weighted by Gasteiger charge is 2.26. The molecule has 1 aromatic carbocycles. The summed E-state index contributed by atoms with van der Waals surface area (Å²) in [5, 5.41) is 4.03. The molecular weight excluding hydrogens is 342 g/mol. The van der Waals surface area contributed by atoms with E-state index >= 15 is 0 Å². The number of aromatic nitrogens is 2. The first-order valence-corrected chi connectivity index (χ1v) is 9.11. The molecule has 0 radical (unpaired) electrons. The molecule has 138 valence electrons. The second-order valence-electron chi connectivity index (χ2n) is 6.61. The van der Waals surface area contributed by atoms with Crippen molar-refractivity contribution < 1.29 is 14.1 Å². The molecule has 1 fully saturated rings. The monoisotopic (exact) mass is 363 g/mol. The van der Waals surface area contributed by atoms with Crippen LogP contribution in [0.25, 0.3) is 11.3 Å². The summed E-state index contributed by atoms with van der Waals surface area (Å²) >= 11 is 0. The molecule has 6 heteroatoms. The molecular formula is C21H21N3O3. The molecule has 3 heterocycles. The lowest BCUT2D eigenvalue weighted by molar-refractivity contribution is -0.00129. The van der Waals surface area contributed by atoms with Crippen LogP contribution >= 0.6 is 0 Å². The van der Waals surface area contributed by atoms with Gasteiger partial charge in [0, 0.05) is 37.1 Å². The molecule has 27 heavy (non-hydrogen) atoms. The van der Waals surface area contributed by atoms with Crippen LogP contribution in [-0.2, 0) is 11.3 Å². The van der Waals surface area contributed by atoms with Crippen molar-refractivity contribution in [2.24, 2.45) is 0 Å². The van der Waals surface area contributed by atoms with Crippen molar-refractivity contribution in [2.45, 2.75) is 25.6 Å². The Bertz CT molecular complexity index is 872. The topological polar surface area (TPSA) is 68.5 Å². The van der Waals surface area contributed by atoms with Crippen LogP contribution in [0.15, 0.2) is 65.4 Å². The predicted molar refractivity (Wildman–Crippen MR) is 99.9 cm³/mol. The van der Waals surface area contributed by atoms with Crippen molar-refractivity contribution in [3.8, 4) is 11.3 Å². The van der Waals surface area contributed by atoms with Crippen LogP contribution in [0.2, 0.25) is 0 Å². The number of hydrogen-bond donors (Lipinski definition) is 0. The summed E-state index contributed by atoms with van der Waals surface area (Å²) < 4.78 is 11.2. The minimum absolute atomic E-state index is 0.115. The lowest BCUT2D eigenvalue weighted by atomic mass is 10.1. The van der Waals surface area contributed by atoms with Crippen molar-refractivity contribution in [1.82, 2.24) is 15.0 Å².